The Hall–Kier alpha value is -2.15. The highest BCUT2D eigenvalue weighted by Gasteiger charge is 2.27. The van der Waals surface area contributed by atoms with Crippen LogP contribution in [-0.4, -0.2) is 69.1 Å². The van der Waals surface area contributed by atoms with Gasteiger partial charge < -0.3 is 15.1 Å². The minimum absolute atomic E-state index is 0.0472. The van der Waals surface area contributed by atoms with Gasteiger partial charge in [0.05, 0.1) is 11.8 Å². The average Bonchev–Trinajstić information content (AvgIpc) is 2.46. The van der Waals surface area contributed by atoms with Crippen molar-refractivity contribution in [1.82, 2.24) is 14.8 Å². The summed E-state index contributed by atoms with van der Waals surface area (Å²) in [6.45, 7) is 3.61. The van der Waals surface area contributed by atoms with Crippen LogP contribution in [-0.2, 0) is 4.79 Å². The Balaban J connectivity index is 1.97. The van der Waals surface area contributed by atoms with E-state index < -0.39 is 12.0 Å². The molecule has 0 aliphatic carbocycles. The number of carboxylic acids is 1. The molecule has 7 heteroatoms. The van der Waals surface area contributed by atoms with Crippen molar-refractivity contribution in [1.29, 1.82) is 0 Å². The molecule has 1 fully saturated rings. The molecule has 1 aliphatic rings. The lowest BCUT2D eigenvalue weighted by Gasteiger charge is -2.36. The molecule has 0 saturated carbocycles. The van der Waals surface area contributed by atoms with Gasteiger partial charge in [-0.1, -0.05) is 0 Å². The third kappa shape index (κ3) is 3.05. The van der Waals surface area contributed by atoms with Gasteiger partial charge >= 0.3 is 5.97 Å². The molecule has 1 aliphatic heterocycles. The molecule has 1 amide bonds. The van der Waals surface area contributed by atoms with E-state index in [-0.39, 0.29) is 11.7 Å². The van der Waals surface area contributed by atoms with Gasteiger partial charge in [0.2, 0.25) is 0 Å². The van der Waals surface area contributed by atoms with E-state index in [1.807, 2.05) is 4.90 Å². The first-order valence-corrected chi connectivity index (χ1v) is 6.39. The molecule has 0 spiro atoms. The molecule has 1 aromatic rings. The third-order valence-electron chi connectivity index (χ3n) is 3.48. The maximum Gasteiger partial charge on any atom is 0.320 e. The van der Waals surface area contributed by atoms with Crippen molar-refractivity contribution in [3.05, 3.63) is 24.0 Å². The van der Waals surface area contributed by atoms with Crippen LogP contribution in [0.3, 0.4) is 0 Å². The largest absolute Gasteiger partial charge is 0.506 e. The summed E-state index contributed by atoms with van der Waals surface area (Å²) in [5.74, 6) is -1.10. The van der Waals surface area contributed by atoms with Gasteiger partial charge in [-0.15, -0.1) is 0 Å². The predicted octanol–water partition coefficient (Wildman–Crippen LogP) is 0.0181. The van der Waals surface area contributed by atoms with E-state index in [9.17, 15) is 14.7 Å². The summed E-state index contributed by atoms with van der Waals surface area (Å²) >= 11 is 0. The Kier molecular flexibility index (Phi) is 4.19. The molecular weight excluding hydrogens is 262 g/mol. The summed E-state index contributed by atoms with van der Waals surface area (Å²) in [5, 5.41) is 18.3. The van der Waals surface area contributed by atoms with Gasteiger partial charge in [0.25, 0.3) is 5.91 Å². The quantitative estimate of drug-likeness (QED) is 0.810. The molecule has 0 bridgehead atoms. The van der Waals surface area contributed by atoms with Crippen LogP contribution in [0.15, 0.2) is 18.5 Å². The zero-order valence-electron chi connectivity index (χ0n) is 11.2. The predicted molar refractivity (Wildman–Crippen MR) is 70.5 cm³/mol. The SMILES string of the molecule is CC(C(=O)O)N1CCN(C(=O)c2cncc(O)c2)CC1. The molecule has 1 saturated heterocycles. The van der Waals surface area contributed by atoms with Crippen molar-refractivity contribution in [2.24, 2.45) is 0 Å². The first-order chi connectivity index (χ1) is 9.49. The maximum atomic E-state index is 12.2. The lowest BCUT2D eigenvalue weighted by atomic mass is 10.2. The molecule has 1 unspecified atom stereocenters. The maximum absolute atomic E-state index is 12.2. The molecule has 108 valence electrons. The average molecular weight is 279 g/mol. The van der Waals surface area contributed by atoms with Crippen LogP contribution in [0.1, 0.15) is 17.3 Å². The second kappa shape index (κ2) is 5.87. The van der Waals surface area contributed by atoms with Crippen molar-refractivity contribution in [2.45, 2.75) is 13.0 Å². The molecule has 20 heavy (non-hydrogen) atoms. The summed E-state index contributed by atoms with van der Waals surface area (Å²) in [4.78, 5) is 30.4. The number of rotatable bonds is 3. The number of piperazine rings is 1. The number of hydrogen-bond acceptors (Lipinski definition) is 5. The number of aromatic nitrogens is 1. The molecule has 7 nitrogen and oxygen atoms in total. The third-order valence-corrected chi connectivity index (χ3v) is 3.48. The van der Waals surface area contributed by atoms with Crippen molar-refractivity contribution < 1.29 is 19.8 Å². The van der Waals surface area contributed by atoms with E-state index in [1.165, 1.54) is 18.5 Å². The van der Waals surface area contributed by atoms with E-state index >= 15 is 0 Å². The monoisotopic (exact) mass is 279 g/mol. The number of aromatic hydroxyl groups is 1. The summed E-state index contributed by atoms with van der Waals surface area (Å²) in [6, 6.07) is 0.830. The molecule has 0 radical (unpaired) electrons. The van der Waals surface area contributed by atoms with E-state index in [1.54, 1.807) is 11.8 Å². The number of carbonyl (C=O) groups excluding carboxylic acids is 1. The number of hydrogen-bond donors (Lipinski definition) is 2. The molecule has 2 rings (SSSR count). The van der Waals surface area contributed by atoms with Crippen LogP contribution in [0.25, 0.3) is 0 Å². The van der Waals surface area contributed by atoms with Gasteiger partial charge in [-0.2, -0.15) is 0 Å². The van der Waals surface area contributed by atoms with Crippen LogP contribution in [0.5, 0.6) is 5.75 Å². The minimum Gasteiger partial charge on any atom is -0.506 e. The number of nitrogens with zero attached hydrogens (tertiary/aromatic N) is 3. The number of pyridine rings is 1. The van der Waals surface area contributed by atoms with Gasteiger partial charge in [-0.05, 0) is 13.0 Å². The Labute approximate surface area is 116 Å². The van der Waals surface area contributed by atoms with E-state index in [4.69, 9.17) is 5.11 Å². The van der Waals surface area contributed by atoms with Gasteiger partial charge in [0.15, 0.2) is 0 Å². The van der Waals surface area contributed by atoms with Crippen LogP contribution in [0.4, 0.5) is 0 Å². The fourth-order valence-electron chi connectivity index (χ4n) is 2.20. The summed E-state index contributed by atoms with van der Waals surface area (Å²) in [7, 11) is 0. The van der Waals surface area contributed by atoms with Crippen LogP contribution in [0, 0.1) is 0 Å². The highest BCUT2D eigenvalue weighted by molar-refractivity contribution is 5.94. The standard InChI is InChI=1S/C13H17N3O4/c1-9(13(19)20)15-2-4-16(5-3-15)12(18)10-6-11(17)8-14-7-10/h6-9,17H,2-5H2,1H3,(H,19,20). The molecular formula is C13H17N3O4. The van der Waals surface area contributed by atoms with Crippen LogP contribution < -0.4 is 0 Å². The van der Waals surface area contributed by atoms with Gasteiger partial charge in [0, 0.05) is 32.4 Å². The Bertz CT molecular complexity index is 512. The van der Waals surface area contributed by atoms with E-state index in [2.05, 4.69) is 4.98 Å². The number of amides is 1. The zero-order chi connectivity index (χ0) is 14.7. The fraction of sp³-hybridized carbons (Fsp3) is 0.462. The highest BCUT2D eigenvalue weighted by atomic mass is 16.4. The van der Waals surface area contributed by atoms with Crippen molar-refractivity contribution in [3.63, 3.8) is 0 Å². The van der Waals surface area contributed by atoms with Crippen LogP contribution >= 0.6 is 0 Å². The summed E-state index contributed by atoms with van der Waals surface area (Å²) < 4.78 is 0. The van der Waals surface area contributed by atoms with Crippen molar-refractivity contribution in [3.8, 4) is 5.75 Å². The normalized spacial score (nSPS) is 17.8. The zero-order valence-corrected chi connectivity index (χ0v) is 11.2. The van der Waals surface area contributed by atoms with Gasteiger partial charge in [0.1, 0.15) is 11.8 Å². The minimum atomic E-state index is -0.859. The summed E-state index contributed by atoms with van der Waals surface area (Å²) in [6.07, 6.45) is 2.68. The van der Waals surface area contributed by atoms with Gasteiger partial charge in [-0.25, -0.2) is 0 Å². The van der Waals surface area contributed by atoms with Crippen LogP contribution in [0.2, 0.25) is 0 Å². The molecule has 1 aromatic heterocycles. The topological polar surface area (TPSA) is 94.0 Å². The van der Waals surface area contributed by atoms with Gasteiger partial charge in [-0.3, -0.25) is 19.5 Å². The fourth-order valence-corrected chi connectivity index (χ4v) is 2.20. The Morgan fingerprint density at radius 2 is 1.90 bits per heavy atom. The molecule has 0 aromatic carbocycles. The van der Waals surface area contributed by atoms with E-state index in [0.717, 1.165) is 0 Å². The lowest BCUT2D eigenvalue weighted by molar-refractivity contribution is -0.143. The lowest BCUT2D eigenvalue weighted by Crippen LogP contribution is -2.53. The van der Waals surface area contributed by atoms with Crippen molar-refractivity contribution in [2.75, 3.05) is 26.2 Å². The molecule has 2 heterocycles. The summed E-state index contributed by atoms with van der Waals surface area (Å²) in [5.41, 5.74) is 0.338. The second-order valence-corrected chi connectivity index (χ2v) is 4.77. The van der Waals surface area contributed by atoms with Crippen molar-refractivity contribution >= 4 is 11.9 Å². The van der Waals surface area contributed by atoms with E-state index in [0.29, 0.717) is 31.7 Å². The molecule has 1 atom stereocenters. The molecule has 2 N–H and O–H groups in total. The second-order valence-electron chi connectivity index (χ2n) is 4.77. The smallest absolute Gasteiger partial charge is 0.320 e. The first kappa shape index (κ1) is 14.3. The Morgan fingerprint density at radius 1 is 1.25 bits per heavy atom. The number of carboxylic acid groups (broad SMARTS) is 1. The Morgan fingerprint density at radius 3 is 2.45 bits per heavy atom. The number of carbonyl (C=O) groups is 2. The first-order valence-electron chi connectivity index (χ1n) is 6.39. The number of aliphatic carboxylic acids is 1. The highest BCUT2D eigenvalue weighted by Crippen LogP contribution is 2.13.